The van der Waals surface area contributed by atoms with E-state index in [9.17, 15) is 0 Å². The highest BCUT2D eigenvalue weighted by molar-refractivity contribution is 7.80. The fraction of sp³-hybridized carbons (Fsp3) is 0.414. The summed E-state index contributed by atoms with van der Waals surface area (Å²) in [5.74, 6) is 4.61. The Morgan fingerprint density at radius 2 is 1.76 bits per heavy atom. The van der Waals surface area contributed by atoms with Crippen molar-refractivity contribution in [2.45, 2.75) is 39.3 Å². The summed E-state index contributed by atoms with van der Waals surface area (Å²) in [4.78, 5) is 14.5. The first-order valence-corrected chi connectivity index (χ1v) is 13.9. The molecule has 3 aromatic rings. The number of thiocarbonyl (C=S) groups is 1. The number of rotatable bonds is 5. The molecule has 2 N–H and O–H groups in total. The highest BCUT2D eigenvalue weighted by Crippen LogP contribution is 2.31. The highest BCUT2D eigenvalue weighted by Gasteiger charge is 2.23. The van der Waals surface area contributed by atoms with Crippen LogP contribution in [0, 0.1) is 5.92 Å². The quantitative estimate of drug-likeness (QED) is 0.463. The van der Waals surface area contributed by atoms with E-state index in [4.69, 9.17) is 31.7 Å². The van der Waals surface area contributed by atoms with Crippen molar-refractivity contribution in [3.8, 4) is 11.5 Å². The van der Waals surface area contributed by atoms with Crippen molar-refractivity contribution in [3.63, 3.8) is 0 Å². The molecule has 0 radical (unpaired) electrons. The van der Waals surface area contributed by atoms with E-state index < -0.39 is 0 Å². The molecule has 0 spiro atoms. The van der Waals surface area contributed by atoms with Crippen molar-refractivity contribution >= 4 is 34.9 Å². The van der Waals surface area contributed by atoms with E-state index in [1.165, 1.54) is 24.0 Å². The van der Waals surface area contributed by atoms with Gasteiger partial charge in [-0.05, 0) is 66.2 Å². The summed E-state index contributed by atoms with van der Waals surface area (Å²) in [6, 6.07) is 16.8. The van der Waals surface area contributed by atoms with Gasteiger partial charge in [0, 0.05) is 38.8 Å². The zero-order valence-corrected chi connectivity index (χ0v) is 22.6. The number of benzene rings is 2. The van der Waals surface area contributed by atoms with Gasteiger partial charge in [-0.3, -0.25) is 0 Å². The molecule has 1 atom stereocenters. The van der Waals surface area contributed by atoms with Crippen LogP contribution in [0.15, 0.2) is 48.5 Å². The van der Waals surface area contributed by atoms with E-state index in [-0.39, 0.29) is 0 Å². The maximum absolute atomic E-state index is 5.71. The Kier molecular flexibility index (Phi) is 7.18. The first-order valence-electron chi connectivity index (χ1n) is 13.5. The molecule has 3 aliphatic heterocycles. The molecule has 6 rings (SSSR count). The number of nitrogens with one attached hydrogen (secondary N) is 2. The molecule has 1 fully saturated rings. The molecule has 38 heavy (non-hydrogen) atoms. The third-order valence-electron chi connectivity index (χ3n) is 7.42. The second-order valence-electron chi connectivity index (χ2n) is 10.3. The van der Waals surface area contributed by atoms with Crippen molar-refractivity contribution in [2.75, 3.05) is 48.0 Å². The number of fused-ring (bicyclic) bond motifs is 2. The van der Waals surface area contributed by atoms with E-state index in [1.807, 2.05) is 18.2 Å². The van der Waals surface area contributed by atoms with Gasteiger partial charge in [-0.1, -0.05) is 37.3 Å². The van der Waals surface area contributed by atoms with Crippen molar-refractivity contribution < 1.29 is 9.47 Å². The molecule has 1 aromatic heterocycles. The normalized spacial score (nSPS) is 18.5. The maximum Gasteiger partial charge on any atom is 0.232 e. The Bertz CT molecular complexity index is 1320. The number of piperidine rings is 1. The summed E-state index contributed by atoms with van der Waals surface area (Å²) in [6.07, 6.45) is 3.45. The second kappa shape index (κ2) is 11.0. The van der Waals surface area contributed by atoms with Crippen LogP contribution in [-0.2, 0) is 19.5 Å². The van der Waals surface area contributed by atoms with Gasteiger partial charge >= 0.3 is 0 Å². The van der Waals surface area contributed by atoms with Gasteiger partial charge in [-0.25, -0.2) is 0 Å². The number of nitrogens with zero attached hydrogens (tertiary/aromatic N) is 4. The fourth-order valence-corrected chi connectivity index (χ4v) is 5.58. The monoisotopic (exact) mass is 530 g/mol. The number of anilines is 3. The van der Waals surface area contributed by atoms with Crippen LogP contribution in [0.5, 0.6) is 11.5 Å². The largest absolute Gasteiger partial charge is 0.486 e. The minimum absolute atomic E-state index is 0.485. The average molecular weight is 531 g/mol. The molecule has 1 saturated heterocycles. The summed E-state index contributed by atoms with van der Waals surface area (Å²) >= 11 is 5.64. The lowest BCUT2D eigenvalue weighted by atomic mass is 10.00. The standard InChI is InChI=1S/C29H34N6O2S/c1-20-5-4-11-34(18-20)26-16-27(35-12-10-22-6-2-3-7-23(22)19-35)32-28(31-26)33-29(38)30-17-21-8-9-24-25(15-21)37-14-13-36-24/h2-3,6-9,15-16,20H,4-5,10-14,17-19H2,1H3,(H2,30,31,32,33,38)/t20-/m1/s1. The van der Waals surface area contributed by atoms with Crippen LogP contribution >= 0.6 is 12.2 Å². The van der Waals surface area contributed by atoms with Crippen LogP contribution < -0.4 is 29.9 Å². The molecule has 0 saturated carbocycles. The van der Waals surface area contributed by atoms with Crippen LogP contribution in [0.3, 0.4) is 0 Å². The van der Waals surface area contributed by atoms with Crippen LogP contribution in [0.1, 0.15) is 36.5 Å². The number of hydrogen-bond donors (Lipinski definition) is 2. The number of aromatic nitrogens is 2. The minimum atomic E-state index is 0.485. The van der Waals surface area contributed by atoms with Crippen molar-refractivity contribution in [1.82, 2.24) is 15.3 Å². The van der Waals surface area contributed by atoms with Gasteiger partial charge in [-0.2, -0.15) is 9.97 Å². The second-order valence-corrected chi connectivity index (χ2v) is 10.7. The number of hydrogen-bond acceptors (Lipinski definition) is 7. The van der Waals surface area contributed by atoms with Crippen LogP contribution in [0.2, 0.25) is 0 Å². The molecular formula is C29H34N6O2S. The maximum atomic E-state index is 5.71. The summed E-state index contributed by atoms with van der Waals surface area (Å²) in [7, 11) is 0. The average Bonchev–Trinajstić information content (AvgIpc) is 2.95. The molecule has 0 amide bonds. The predicted molar refractivity (Wildman–Crippen MR) is 154 cm³/mol. The van der Waals surface area contributed by atoms with Gasteiger partial charge in [0.2, 0.25) is 5.95 Å². The summed E-state index contributed by atoms with van der Waals surface area (Å²) in [5, 5.41) is 7.03. The Morgan fingerprint density at radius 1 is 0.974 bits per heavy atom. The van der Waals surface area contributed by atoms with Gasteiger partial charge in [0.1, 0.15) is 24.8 Å². The third kappa shape index (κ3) is 5.62. The molecule has 8 nitrogen and oxygen atoms in total. The lowest BCUT2D eigenvalue weighted by Gasteiger charge is -2.34. The van der Waals surface area contributed by atoms with Gasteiger partial charge in [0.05, 0.1) is 0 Å². The zero-order valence-electron chi connectivity index (χ0n) is 21.8. The highest BCUT2D eigenvalue weighted by atomic mass is 32.1. The Labute approximate surface area is 229 Å². The lowest BCUT2D eigenvalue weighted by Crippen LogP contribution is -2.36. The first kappa shape index (κ1) is 24.7. The Morgan fingerprint density at radius 3 is 2.61 bits per heavy atom. The summed E-state index contributed by atoms with van der Waals surface area (Å²) in [6.45, 7) is 7.80. The molecular weight excluding hydrogens is 496 g/mol. The van der Waals surface area contributed by atoms with E-state index in [0.29, 0.717) is 36.7 Å². The molecule has 2 aromatic carbocycles. The SMILES string of the molecule is C[C@@H]1CCCN(c2cc(N3CCc4ccccc4C3)nc(NC(=S)NCc3ccc4c(c3)OCCO4)n2)C1. The topological polar surface area (TPSA) is 74.8 Å². The smallest absolute Gasteiger partial charge is 0.232 e. The van der Waals surface area contributed by atoms with Crippen molar-refractivity contribution in [1.29, 1.82) is 0 Å². The zero-order chi connectivity index (χ0) is 25.9. The lowest BCUT2D eigenvalue weighted by molar-refractivity contribution is 0.171. The molecule has 9 heteroatoms. The molecule has 0 aliphatic carbocycles. The van der Waals surface area contributed by atoms with Crippen molar-refractivity contribution in [3.05, 3.63) is 65.2 Å². The van der Waals surface area contributed by atoms with Crippen LogP contribution in [-0.4, -0.2) is 47.9 Å². The first-order chi connectivity index (χ1) is 18.6. The van der Waals surface area contributed by atoms with Crippen molar-refractivity contribution in [2.24, 2.45) is 5.92 Å². The van der Waals surface area contributed by atoms with Gasteiger partial charge < -0.3 is 29.9 Å². The Balaban J connectivity index is 1.19. The molecule has 0 bridgehead atoms. The fourth-order valence-electron chi connectivity index (χ4n) is 5.42. The predicted octanol–water partition coefficient (Wildman–Crippen LogP) is 4.53. The van der Waals surface area contributed by atoms with E-state index in [1.54, 1.807) is 0 Å². The van der Waals surface area contributed by atoms with Crippen LogP contribution in [0.25, 0.3) is 0 Å². The summed E-state index contributed by atoms with van der Waals surface area (Å²) in [5.41, 5.74) is 3.84. The molecule has 0 unspecified atom stereocenters. The minimum Gasteiger partial charge on any atom is -0.486 e. The number of ether oxygens (including phenoxy) is 2. The third-order valence-corrected chi connectivity index (χ3v) is 7.67. The van der Waals surface area contributed by atoms with E-state index in [0.717, 1.165) is 61.3 Å². The van der Waals surface area contributed by atoms with Crippen LogP contribution in [0.4, 0.5) is 17.6 Å². The molecule has 4 heterocycles. The van der Waals surface area contributed by atoms with Gasteiger partial charge in [0.15, 0.2) is 16.6 Å². The Hall–Kier alpha value is -3.59. The van der Waals surface area contributed by atoms with Gasteiger partial charge in [-0.15, -0.1) is 0 Å². The van der Waals surface area contributed by atoms with E-state index in [2.05, 4.69) is 57.7 Å². The summed E-state index contributed by atoms with van der Waals surface area (Å²) < 4.78 is 11.3. The molecule has 198 valence electrons. The van der Waals surface area contributed by atoms with Gasteiger partial charge in [0.25, 0.3) is 0 Å². The molecule has 3 aliphatic rings. The van der Waals surface area contributed by atoms with E-state index >= 15 is 0 Å².